The maximum absolute atomic E-state index is 5.75. The van der Waals surface area contributed by atoms with Crippen molar-refractivity contribution in [2.45, 2.75) is 65.6 Å². The molecule has 2 aliphatic rings. The van der Waals surface area contributed by atoms with Crippen molar-refractivity contribution in [2.75, 3.05) is 19.7 Å². The summed E-state index contributed by atoms with van der Waals surface area (Å²) in [5.41, 5.74) is 0.325. The third kappa shape index (κ3) is 3.38. The van der Waals surface area contributed by atoms with E-state index in [0.29, 0.717) is 12.6 Å². The Hall–Kier alpha value is -1.63. The first-order valence-electron chi connectivity index (χ1n) is 9.25. The monoisotopic (exact) mass is 348 g/mol. The normalized spacial score (nSPS) is 25.1. The maximum atomic E-state index is 5.75. The highest BCUT2D eigenvalue weighted by Gasteiger charge is 2.53. The van der Waals surface area contributed by atoms with Gasteiger partial charge in [0.05, 0.1) is 6.10 Å². The summed E-state index contributed by atoms with van der Waals surface area (Å²) < 4.78 is 7.74. The van der Waals surface area contributed by atoms with Crippen LogP contribution in [0.3, 0.4) is 0 Å². The maximum Gasteiger partial charge on any atom is 0.194 e. The molecule has 1 unspecified atom stereocenters. The fourth-order valence-corrected chi connectivity index (χ4v) is 3.38. The molecule has 2 aliphatic heterocycles. The number of aryl methyl sites for hydroxylation is 1. The van der Waals surface area contributed by atoms with Crippen molar-refractivity contribution in [1.29, 1.82) is 0 Å². The summed E-state index contributed by atoms with van der Waals surface area (Å²) in [6.07, 6.45) is 2.57. The largest absolute Gasteiger partial charge is 0.376 e. The molecule has 2 fully saturated rings. The van der Waals surface area contributed by atoms with Crippen LogP contribution in [-0.4, -0.2) is 57.0 Å². The molecular weight excluding hydrogens is 316 g/mol. The van der Waals surface area contributed by atoms with Crippen molar-refractivity contribution in [2.24, 2.45) is 17.5 Å². The number of hydrogen-bond donors (Lipinski definition) is 1. The van der Waals surface area contributed by atoms with E-state index >= 15 is 0 Å². The quantitative estimate of drug-likeness (QED) is 0.665. The summed E-state index contributed by atoms with van der Waals surface area (Å²) in [6.45, 7) is 14.4. The minimum absolute atomic E-state index is 0.0607. The first-order valence-corrected chi connectivity index (χ1v) is 9.25. The summed E-state index contributed by atoms with van der Waals surface area (Å²) in [5.74, 6) is 2.73. The van der Waals surface area contributed by atoms with Crippen molar-refractivity contribution >= 4 is 5.96 Å². The topological polar surface area (TPSA) is 67.6 Å². The molecule has 0 saturated carbocycles. The molecule has 0 radical (unpaired) electrons. The summed E-state index contributed by atoms with van der Waals surface area (Å²) in [4.78, 5) is 7.23. The van der Waals surface area contributed by atoms with Crippen molar-refractivity contribution < 1.29 is 4.74 Å². The van der Waals surface area contributed by atoms with Crippen molar-refractivity contribution in [3.63, 3.8) is 0 Å². The molecule has 1 atom stereocenters. The first kappa shape index (κ1) is 18.2. The number of aliphatic imine (C=N–C) groups is 1. The van der Waals surface area contributed by atoms with Gasteiger partial charge in [-0.15, -0.1) is 10.2 Å². The van der Waals surface area contributed by atoms with Crippen molar-refractivity contribution in [3.8, 4) is 0 Å². The lowest BCUT2D eigenvalue weighted by Gasteiger charge is -2.62. The highest BCUT2D eigenvalue weighted by molar-refractivity contribution is 5.82. The highest BCUT2D eigenvalue weighted by atomic mass is 16.5. The molecule has 0 bridgehead atoms. The number of nitrogens with zero attached hydrogens (tertiary/aromatic N) is 5. The van der Waals surface area contributed by atoms with E-state index in [1.165, 1.54) is 0 Å². The van der Waals surface area contributed by atoms with Gasteiger partial charge in [0.25, 0.3) is 0 Å². The Balaban J connectivity index is 1.74. The number of rotatable bonds is 4. The van der Waals surface area contributed by atoms with E-state index in [2.05, 4.69) is 48.1 Å². The second kappa shape index (κ2) is 6.59. The Morgan fingerprint density at radius 1 is 1.32 bits per heavy atom. The van der Waals surface area contributed by atoms with Crippen molar-refractivity contribution in [3.05, 3.63) is 11.6 Å². The minimum Gasteiger partial charge on any atom is -0.376 e. The Labute approximate surface area is 150 Å². The number of hydrogen-bond acceptors (Lipinski definition) is 4. The lowest BCUT2D eigenvalue weighted by molar-refractivity contribution is -0.0672. The van der Waals surface area contributed by atoms with Gasteiger partial charge in [0, 0.05) is 37.7 Å². The van der Waals surface area contributed by atoms with Crippen LogP contribution in [0.5, 0.6) is 0 Å². The molecule has 0 spiro atoms. The number of likely N-dealkylation sites (tertiary alicyclic amines) is 1. The van der Waals surface area contributed by atoms with Crippen LogP contribution in [0.1, 0.15) is 52.2 Å². The van der Waals surface area contributed by atoms with Gasteiger partial charge in [0.15, 0.2) is 11.8 Å². The van der Waals surface area contributed by atoms with E-state index in [1.807, 2.05) is 18.5 Å². The van der Waals surface area contributed by atoms with Crippen LogP contribution in [0.4, 0.5) is 0 Å². The molecule has 7 nitrogen and oxygen atoms in total. The third-order valence-corrected chi connectivity index (χ3v) is 6.20. The van der Waals surface area contributed by atoms with E-state index in [4.69, 9.17) is 9.73 Å². The number of guanidine groups is 1. The average Bonchev–Trinajstić information content (AvgIpc) is 3.18. The molecule has 25 heavy (non-hydrogen) atoms. The molecule has 0 aromatic carbocycles. The van der Waals surface area contributed by atoms with Crippen LogP contribution in [0.2, 0.25) is 0 Å². The number of nitrogens with one attached hydrogen (secondary N) is 1. The van der Waals surface area contributed by atoms with Gasteiger partial charge in [0.2, 0.25) is 0 Å². The zero-order valence-electron chi connectivity index (χ0n) is 16.5. The van der Waals surface area contributed by atoms with Gasteiger partial charge in [0.1, 0.15) is 12.4 Å². The molecule has 7 heteroatoms. The van der Waals surface area contributed by atoms with Crippen LogP contribution in [0, 0.1) is 12.3 Å². The van der Waals surface area contributed by atoms with Gasteiger partial charge >= 0.3 is 0 Å². The first-order chi connectivity index (χ1) is 11.7. The second-order valence-electron chi connectivity index (χ2n) is 8.41. The molecule has 1 aromatic heterocycles. The Morgan fingerprint density at radius 3 is 2.60 bits per heavy atom. The number of ether oxygens (including phenoxy) is 1. The SMILES string of the molecule is Cc1nnc(CN=C(NCC2CCCO2)N2CC(C)(C)C2(C)C)n1C. The second-order valence-corrected chi connectivity index (χ2v) is 8.41. The minimum atomic E-state index is 0.0607. The summed E-state index contributed by atoms with van der Waals surface area (Å²) in [6, 6.07) is 0. The van der Waals surface area contributed by atoms with Crippen LogP contribution < -0.4 is 5.32 Å². The van der Waals surface area contributed by atoms with E-state index in [9.17, 15) is 0 Å². The van der Waals surface area contributed by atoms with Gasteiger partial charge in [-0.1, -0.05) is 13.8 Å². The highest BCUT2D eigenvalue weighted by Crippen LogP contribution is 2.46. The molecule has 1 N–H and O–H groups in total. The number of aromatic nitrogens is 3. The van der Waals surface area contributed by atoms with E-state index in [0.717, 1.165) is 50.1 Å². The van der Waals surface area contributed by atoms with Gasteiger partial charge in [-0.25, -0.2) is 4.99 Å². The smallest absolute Gasteiger partial charge is 0.194 e. The van der Waals surface area contributed by atoms with Crippen LogP contribution in [-0.2, 0) is 18.3 Å². The molecule has 0 aliphatic carbocycles. The lowest BCUT2D eigenvalue weighted by Crippen LogP contribution is -2.72. The molecule has 2 saturated heterocycles. The Bertz CT molecular complexity index is 642. The van der Waals surface area contributed by atoms with Crippen LogP contribution >= 0.6 is 0 Å². The van der Waals surface area contributed by atoms with E-state index < -0.39 is 0 Å². The van der Waals surface area contributed by atoms with Gasteiger partial charge in [-0.2, -0.15) is 0 Å². The predicted molar refractivity (Wildman–Crippen MR) is 98.4 cm³/mol. The molecule has 3 rings (SSSR count). The van der Waals surface area contributed by atoms with E-state index in [1.54, 1.807) is 0 Å². The lowest BCUT2D eigenvalue weighted by atomic mass is 9.65. The third-order valence-electron chi connectivity index (χ3n) is 6.20. The zero-order valence-corrected chi connectivity index (χ0v) is 16.5. The van der Waals surface area contributed by atoms with Crippen molar-refractivity contribution in [1.82, 2.24) is 25.0 Å². The fraction of sp³-hybridized carbons (Fsp3) is 0.833. The molecule has 1 aromatic rings. The van der Waals surface area contributed by atoms with Gasteiger partial charge in [-0.05, 0) is 33.6 Å². The van der Waals surface area contributed by atoms with Crippen LogP contribution in [0.15, 0.2) is 4.99 Å². The fourth-order valence-electron chi connectivity index (χ4n) is 3.38. The summed E-state index contributed by atoms with van der Waals surface area (Å²) >= 11 is 0. The Kier molecular flexibility index (Phi) is 4.79. The predicted octanol–water partition coefficient (Wildman–Crippen LogP) is 1.87. The van der Waals surface area contributed by atoms with Crippen LogP contribution in [0.25, 0.3) is 0 Å². The molecule has 0 amide bonds. The summed E-state index contributed by atoms with van der Waals surface area (Å²) in [7, 11) is 1.98. The van der Waals surface area contributed by atoms with Gasteiger partial charge < -0.3 is 19.5 Å². The zero-order chi connectivity index (χ0) is 18.2. The summed E-state index contributed by atoms with van der Waals surface area (Å²) in [5, 5.41) is 11.9. The van der Waals surface area contributed by atoms with E-state index in [-0.39, 0.29) is 11.0 Å². The standard InChI is InChI=1S/C18H32N6O/c1-13-21-22-15(23(13)6)11-20-16(19-10-14-8-7-9-25-14)24-12-17(2,3)18(24,4)5/h14H,7-12H2,1-6H3,(H,19,20). The molecule has 3 heterocycles. The molecular formula is C18H32N6O. The van der Waals surface area contributed by atoms with Gasteiger partial charge in [-0.3, -0.25) is 0 Å². The Morgan fingerprint density at radius 2 is 2.08 bits per heavy atom. The average molecular weight is 348 g/mol. The molecule has 140 valence electrons.